The minimum Gasteiger partial charge on any atom is -0.478 e. The van der Waals surface area contributed by atoms with E-state index in [9.17, 15) is 4.79 Å². The van der Waals surface area contributed by atoms with Crippen molar-refractivity contribution < 1.29 is 14.6 Å². The summed E-state index contributed by atoms with van der Waals surface area (Å²) in [5.74, 6) is -0.863. The summed E-state index contributed by atoms with van der Waals surface area (Å²) in [7, 11) is 0. The van der Waals surface area contributed by atoms with Gasteiger partial charge in [-0.05, 0) is 19.4 Å². The molecule has 1 aromatic rings. The smallest absolute Gasteiger partial charge is 0.336 e. The molecule has 1 saturated heterocycles. The van der Waals surface area contributed by atoms with Crippen molar-refractivity contribution in [3.63, 3.8) is 0 Å². The molecule has 16 heavy (non-hydrogen) atoms. The maximum absolute atomic E-state index is 10.7. The van der Waals surface area contributed by atoms with Crippen molar-refractivity contribution in [2.45, 2.75) is 25.4 Å². The number of thiophene rings is 1. The Hall–Kier alpha value is -0.910. The van der Waals surface area contributed by atoms with Gasteiger partial charge in [0.05, 0.1) is 12.2 Å². The Kier molecular flexibility index (Phi) is 3.28. The molecule has 1 atom stereocenters. The van der Waals surface area contributed by atoms with Crippen LogP contribution in [0.25, 0.3) is 0 Å². The maximum Gasteiger partial charge on any atom is 0.336 e. The van der Waals surface area contributed by atoms with Gasteiger partial charge in [-0.15, -0.1) is 11.3 Å². The van der Waals surface area contributed by atoms with Crippen molar-refractivity contribution in [2.24, 2.45) is 0 Å². The molecule has 2 N–H and O–H groups in total. The van der Waals surface area contributed by atoms with Crippen LogP contribution in [0.3, 0.4) is 0 Å². The van der Waals surface area contributed by atoms with Crippen LogP contribution in [-0.2, 0) is 11.3 Å². The van der Waals surface area contributed by atoms with Gasteiger partial charge in [0, 0.05) is 28.9 Å². The predicted octanol–water partition coefficient (Wildman–Crippen LogP) is 1.71. The summed E-state index contributed by atoms with van der Waals surface area (Å²) in [6.45, 7) is 4.36. The lowest BCUT2D eigenvalue weighted by atomic mass is 10.0. The van der Waals surface area contributed by atoms with E-state index in [2.05, 4.69) is 12.2 Å². The fraction of sp³-hybridized carbons (Fsp3) is 0.545. The van der Waals surface area contributed by atoms with Crippen molar-refractivity contribution >= 4 is 17.3 Å². The Morgan fingerprint density at radius 2 is 2.56 bits per heavy atom. The molecule has 2 heterocycles. The van der Waals surface area contributed by atoms with Crippen LogP contribution >= 0.6 is 11.3 Å². The van der Waals surface area contributed by atoms with Crippen molar-refractivity contribution in [1.82, 2.24) is 5.32 Å². The summed E-state index contributed by atoms with van der Waals surface area (Å²) in [6.07, 6.45) is 1.00. The summed E-state index contributed by atoms with van der Waals surface area (Å²) >= 11 is 1.48. The van der Waals surface area contributed by atoms with Crippen LogP contribution in [0.15, 0.2) is 11.4 Å². The molecule has 0 spiro atoms. The normalized spacial score (nSPS) is 24.8. The highest BCUT2D eigenvalue weighted by Crippen LogP contribution is 2.20. The molecule has 88 valence electrons. The first kappa shape index (κ1) is 11.6. The van der Waals surface area contributed by atoms with Crippen molar-refractivity contribution in [2.75, 3.05) is 13.2 Å². The lowest BCUT2D eigenvalue weighted by Crippen LogP contribution is -2.42. The van der Waals surface area contributed by atoms with E-state index in [1.165, 1.54) is 11.3 Å². The molecular formula is C11H15NO3S. The Bertz CT molecular complexity index is 382. The minimum absolute atomic E-state index is 0.0351. The molecular weight excluding hydrogens is 226 g/mol. The molecule has 1 fully saturated rings. The third kappa shape index (κ3) is 2.61. The first-order chi connectivity index (χ1) is 7.59. The molecule has 0 aliphatic carbocycles. The Morgan fingerprint density at radius 1 is 1.75 bits per heavy atom. The van der Waals surface area contributed by atoms with Crippen molar-refractivity contribution in [1.29, 1.82) is 0 Å². The number of hydrogen-bond donors (Lipinski definition) is 2. The number of carboxylic acid groups (broad SMARTS) is 1. The zero-order valence-corrected chi connectivity index (χ0v) is 9.97. The molecule has 0 radical (unpaired) electrons. The minimum atomic E-state index is -0.863. The summed E-state index contributed by atoms with van der Waals surface area (Å²) in [5.41, 5.74) is 0.405. The lowest BCUT2D eigenvalue weighted by molar-refractivity contribution is 0.0697. The number of carboxylic acids is 1. The molecule has 0 bridgehead atoms. The zero-order chi connectivity index (χ0) is 11.6. The molecule has 1 aliphatic rings. The van der Waals surface area contributed by atoms with Crippen LogP contribution in [0, 0.1) is 0 Å². The second-order valence-corrected chi connectivity index (χ2v) is 5.32. The van der Waals surface area contributed by atoms with Gasteiger partial charge in [0.2, 0.25) is 0 Å². The van der Waals surface area contributed by atoms with Gasteiger partial charge in [0.15, 0.2) is 0 Å². The van der Waals surface area contributed by atoms with E-state index in [0.29, 0.717) is 12.1 Å². The zero-order valence-electron chi connectivity index (χ0n) is 9.16. The monoisotopic (exact) mass is 241 g/mol. The average molecular weight is 241 g/mol. The van der Waals surface area contributed by atoms with Gasteiger partial charge in [0.25, 0.3) is 0 Å². The summed E-state index contributed by atoms with van der Waals surface area (Å²) in [5, 5.41) is 13.9. The fourth-order valence-electron chi connectivity index (χ4n) is 1.69. The van der Waals surface area contributed by atoms with Gasteiger partial charge in [-0.2, -0.15) is 0 Å². The average Bonchev–Trinajstić information content (AvgIpc) is 2.84. The summed E-state index contributed by atoms with van der Waals surface area (Å²) in [4.78, 5) is 11.8. The SMILES string of the molecule is CC1(NCc2cc(C(=O)O)cs2)CCOC1. The molecule has 0 aromatic carbocycles. The highest BCUT2D eigenvalue weighted by atomic mass is 32.1. The van der Waals surface area contributed by atoms with Crippen LogP contribution in [0.4, 0.5) is 0 Å². The molecule has 4 nitrogen and oxygen atoms in total. The van der Waals surface area contributed by atoms with Gasteiger partial charge in [-0.3, -0.25) is 0 Å². The molecule has 2 rings (SSSR count). The van der Waals surface area contributed by atoms with E-state index < -0.39 is 5.97 Å². The highest BCUT2D eigenvalue weighted by molar-refractivity contribution is 7.10. The van der Waals surface area contributed by atoms with Gasteiger partial charge < -0.3 is 15.2 Å². The standard InChI is InChI=1S/C11H15NO3S/c1-11(2-3-15-7-11)12-5-9-4-8(6-16-9)10(13)14/h4,6,12H,2-3,5,7H2,1H3,(H,13,14). The molecule has 5 heteroatoms. The van der Waals surface area contributed by atoms with E-state index in [1.807, 2.05) is 0 Å². The van der Waals surface area contributed by atoms with Gasteiger partial charge in [-0.25, -0.2) is 4.79 Å². The number of carbonyl (C=O) groups is 1. The summed E-state index contributed by atoms with van der Waals surface area (Å²) in [6, 6.07) is 1.72. The van der Waals surface area contributed by atoms with Crippen LogP contribution < -0.4 is 5.32 Å². The molecule has 0 amide bonds. The van der Waals surface area contributed by atoms with Crippen LogP contribution in [0.5, 0.6) is 0 Å². The Morgan fingerprint density at radius 3 is 3.12 bits per heavy atom. The van der Waals surface area contributed by atoms with E-state index >= 15 is 0 Å². The summed E-state index contributed by atoms with van der Waals surface area (Å²) < 4.78 is 5.34. The third-order valence-electron chi connectivity index (χ3n) is 2.81. The van der Waals surface area contributed by atoms with Crippen LogP contribution in [-0.4, -0.2) is 29.8 Å². The van der Waals surface area contributed by atoms with Crippen LogP contribution in [0.1, 0.15) is 28.6 Å². The second-order valence-electron chi connectivity index (χ2n) is 4.32. The third-order valence-corrected chi connectivity index (χ3v) is 3.75. The first-order valence-electron chi connectivity index (χ1n) is 5.23. The second kappa shape index (κ2) is 4.53. The number of aromatic carboxylic acids is 1. The van der Waals surface area contributed by atoms with E-state index in [1.54, 1.807) is 11.4 Å². The quantitative estimate of drug-likeness (QED) is 0.842. The number of hydrogen-bond acceptors (Lipinski definition) is 4. The van der Waals surface area contributed by atoms with Gasteiger partial charge in [0.1, 0.15) is 0 Å². The van der Waals surface area contributed by atoms with E-state index in [0.717, 1.165) is 24.5 Å². The van der Waals surface area contributed by atoms with Crippen molar-refractivity contribution in [3.8, 4) is 0 Å². The van der Waals surface area contributed by atoms with Crippen LogP contribution in [0.2, 0.25) is 0 Å². The van der Waals surface area contributed by atoms with E-state index in [4.69, 9.17) is 9.84 Å². The Labute approximate surface area is 98.2 Å². The largest absolute Gasteiger partial charge is 0.478 e. The fourth-order valence-corrected chi connectivity index (χ4v) is 2.49. The Balaban J connectivity index is 1.91. The van der Waals surface area contributed by atoms with Crippen molar-refractivity contribution in [3.05, 3.63) is 21.9 Å². The van der Waals surface area contributed by atoms with Gasteiger partial charge in [-0.1, -0.05) is 0 Å². The first-order valence-corrected chi connectivity index (χ1v) is 6.10. The number of nitrogens with one attached hydrogen (secondary N) is 1. The number of ether oxygens (including phenoxy) is 1. The number of rotatable bonds is 4. The topological polar surface area (TPSA) is 58.6 Å². The highest BCUT2D eigenvalue weighted by Gasteiger charge is 2.28. The molecule has 1 aromatic heterocycles. The predicted molar refractivity (Wildman–Crippen MR) is 62.0 cm³/mol. The van der Waals surface area contributed by atoms with Gasteiger partial charge >= 0.3 is 5.97 Å². The molecule has 1 aliphatic heterocycles. The molecule has 1 unspecified atom stereocenters. The maximum atomic E-state index is 10.7. The lowest BCUT2D eigenvalue weighted by Gasteiger charge is -2.23. The van der Waals surface area contributed by atoms with E-state index in [-0.39, 0.29) is 5.54 Å². The molecule has 0 saturated carbocycles.